The Labute approximate surface area is 142 Å². The second-order valence-electron chi connectivity index (χ2n) is 6.33. The van der Waals surface area contributed by atoms with E-state index in [0.717, 1.165) is 50.4 Å². The van der Waals surface area contributed by atoms with Crippen molar-refractivity contribution in [2.45, 2.75) is 58.4 Å². The quantitative estimate of drug-likeness (QED) is 0.812. The van der Waals surface area contributed by atoms with Crippen LogP contribution >= 0.6 is 0 Å². The van der Waals surface area contributed by atoms with Gasteiger partial charge >= 0.3 is 0 Å². The van der Waals surface area contributed by atoms with Crippen molar-refractivity contribution in [1.29, 1.82) is 0 Å². The van der Waals surface area contributed by atoms with Crippen molar-refractivity contribution in [2.75, 3.05) is 13.1 Å². The van der Waals surface area contributed by atoms with E-state index >= 15 is 0 Å². The SMILES string of the molecule is CCc1noc(CCCC(=O)N2CCC[C@H](n3ccnc3C)C2)n1. The summed E-state index contributed by atoms with van der Waals surface area (Å²) in [5.74, 6) is 2.58. The van der Waals surface area contributed by atoms with Gasteiger partial charge in [-0.15, -0.1) is 0 Å². The van der Waals surface area contributed by atoms with Crippen LogP contribution < -0.4 is 0 Å². The monoisotopic (exact) mass is 331 g/mol. The van der Waals surface area contributed by atoms with E-state index in [4.69, 9.17) is 4.52 Å². The highest BCUT2D eigenvalue weighted by Gasteiger charge is 2.25. The summed E-state index contributed by atoms with van der Waals surface area (Å²) in [5, 5.41) is 3.88. The van der Waals surface area contributed by atoms with Crippen molar-refractivity contribution in [3.63, 3.8) is 0 Å². The molecule has 0 bridgehead atoms. The van der Waals surface area contributed by atoms with Crippen LogP contribution in [0.1, 0.15) is 56.2 Å². The average molecular weight is 331 g/mol. The molecule has 24 heavy (non-hydrogen) atoms. The third kappa shape index (κ3) is 3.83. The number of hydrogen-bond acceptors (Lipinski definition) is 5. The van der Waals surface area contributed by atoms with Gasteiger partial charge in [0.05, 0.1) is 6.04 Å². The highest BCUT2D eigenvalue weighted by atomic mass is 16.5. The standard InChI is InChI=1S/C17H25N5O2/c1-3-15-19-16(24-20-15)7-4-8-17(23)21-10-5-6-14(12-21)22-11-9-18-13(22)2/h9,11,14H,3-8,10,12H2,1-2H3/t14-/m0/s1. The number of piperidine rings is 1. The number of carbonyl (C=O) groups is 1. The molecule has 1 aliphatic heterocycles. The number of aryl methyl sites for hydroxylation is 3. The number of aromatic nitrogens is 4. The molecular formula is C17H25N5O2. The molecule has 2 aromatic rings. The van der Waals surface area contributed by atoms with E-state index in [1.165, 1.54) is 0 Å². The molecule has 1 amide bonds. The Morgan fingerprint density at radius 2 is 2.33 bits per heavy atom. The lowest BCUT2D eigenvalue weighted by atomic mass is 10.0. The van der Waals surface area contributed by atoms with E-state index < -0.39 is 0 Å². The predicted octanol–water partition coefficient (Wildman–Crippen LogP) is 2.32. The van der Waals surface area contributed by atoms with Crippen LogP contribution in [0.3, 0.4) is 0 Å². The van der Waals surface area contributed by atoms with Crippen LogP contribution in [0, 0.1) is 6.92 Å². The van der Waals surface area contributed by atoms with E-state index in [9.17, 15) is 4.79 Å². The first kappa shape index (κ1) is 16.7. The van der Waals surface area contributed by atoms with E-state index in [1.54, 1.807) is 0 Å². The third-order valence-electron chi connectivity index (χ3n) is 4.61. The number of imidazole rings is 1. The fourth-order valence-electron chi connectivity index (χ4n) is 3.27. The maximum absolute atomic E-state index is 12.5. The minimum absolute atomic E-state index is 0.215. The smallest absolute Gasteiger partial charge is 0.226 e. The number of nitrogens with zero attached hydrogens (tertiary/aromatic N) is 5. The maximum atomic E-state index is 12.5. The number of hydrogen-bond donors (Lipinski definition) is 0. The molecule has 7 heteroatoms. The number of likely N-dealkylation sites (tertiary alicyclic amines) is 1. The highest BCUT2D eigenvalue weighted by molar-refractivity contribution is 5.76. The van der Waals surface area contributed by atoms with Crippen molar-refractivity contribution in [3.8, 4) is 0 Å². The van der Waals surface area contributed by atoms with Gasteiger partial charge in [0.25, 0.3) is 0 Å². The number of amides is 1. The lowest BCUT2D eigenvalue weighted by Gasteiger charge is -2.34. The molecule has 7 nitrogen and oxygen atoms in total. The number of rotatable bonds is 6. The van der Waals surface area contributed by atoms with Crippen molar-refractivity contribution >= 4 is 5.91 Å². The van der Waals surface area contributed by atoms with Crippen LogP contribution in [0.2, 0.25) is 0 Å². The Morgan fingerprint density at radius 3 is 3.04 bits per heavy atom. The van der Waals surface area contributed by atoms with Gasteiger partial charge in [0.15, 0.2) is 5.82 Å². The zero-order valence-corrected chi connectivity index (χ0v) is 14.4. The van der Waals surface area contributed by atoms with Crippen LogP contribution in [0.15, 0.2) is 16.9 Å². The van der Waals surface area contributed by atoms with Gasteiger partial charge in [0, 0.05) is 44.7 Å². The Morgan fingerprint density at radius 1 is 1.46 bits per heavy atom. The van der Waals surface area contributed by atoms with Gasteiger partial charge in [-0.25, -0.2) is 4.98 Å². The summed E-state index contributed by atoms with van der Waals surface area (Å²) in [4.78, 5) is 23.0. The summed E-state index contributed by atoms with van der Waals surface area (Å²) in [6.45, 7) is 5.63. The van der Waals surface area contributed by atoms with Crippen molar-refractivity contribution in [2.24, 2.45) is 0 Å². The summed E-state index contributed by atoms with van der Waals surface area (Å²) < 4.78 is 7.35. The molecule has 0 aliphatic carbocycles. The van der Waals surface area contributed by atoms with Crippen LogP contribution in [0.5, 0.6) is 0 Å². The summed E-state index contributed by atoms with van der Waals surface area (Å²) >= 11 is 0. The first-order valence-electron chi connectivity index (χ1n) is 8.76. The van der Waals surface area contributed by atoms with Gasteiger partial charge in [-0.05, 0) is 26.2 Å². The van der Waals surface area contributed by atoms with E-state index in [2.05, 4.69) is 19.7 Å². The minimum atomic E-state index is 0.215. The van der Waals surface area contributed by atoms with E-state index in [1.807, 2.05) is 31.1 Å². The van der Waals surface area contributed by atoms with E-state index in [-0.39, 0.29) is 5.91 Å². The average Bonchev–Trinajstić information content (AvgIpc) is 3.23. The fourth-order valence-corrected chi connectivity index (χ4v) is 3.27. The summed E-state index contributed by atoms with van der Waals surface area (Å²) in [7, 11) is 0. The van der Waals surface area contributed by atoms with Gasteiger partial charge in [0.2, 0.25) is 11.8 Å². The molecule has 1 aliphatic rings. The predicted molar refractivity (Wildman–Crippen MR) is 88.4 cm³/mol. The van der Waals surface area contributed by atoms with Gasteiger partial charge in [-0.2, -0.15) is 4.98 Å². The molecule has 2 aromatic heterocycles. The molecule has 3 rings (SSSR count). The first-order chi connectivity index (χ1) is 11.7. The van der Waals surface area contributed by atoms with Crippen molar-refractivity contribution < 1.29 is 9.32 Å². The van der Waals surface area contributed by atoms with Crippen LogP contribution in [-0.4, -0.2) is 43.6 Å². The zero-order chi connectivity index (χ0) is 16.9. The second kappa shape index (κ2) is 7.59. The minimum Gasteiger partial charge on any atom is -0.341 e. The number of carbonyl (C=O) groups excluding carboxylic acids is 1. The molecule has 0 saturated carbocycles. The Balaban J connectivity index is 1.48. The summed E-state index contributed by atoms with van der Waals surface area (Å²) in [6, 6.07) is 0.341. The second-order valence-corrected chi connectivity index (χ2v) is 6.33. The van der Waals surface area contributed by atoms with Gasteiger partial charge < -0.3 is 14.0 Å². The Kier molecular flexibility index (Phi) is 5.27. The maximum Gasteiger partial charge on any atom is 0.226 e. The van der Waals surface area contributed by atoms with E-state index in [0.29, 0.717) is 24.8 Å². The molecule has 130 valence electrons. The summed E-state index contributed by atoms with van der Waals surface area (Å²) in [5.41, 5.74) is 0. The fraction of sp³-hybridized carbons (Fsp3) is 0.647. The molecule has 0 radical (unpaired) electrons. The van der Waals surface area contributed by atoms with Crippen molar-refractivity contribution in [1.82, 2.24) is 24.6 Å². The highest BCUT2D eigenvalue weighted by Crippen LogP contribution is 2.23. The third-order valence-corrected chi connectivity index (χ3v) is 4.61. The molecule has 0 unspecified atom stereocenters. The molecule has 0 spiro atoms. The first-order valence-corrected chi connectivity index (χ1v) is 8.76. The molecule has 0 N–H and O–H groups in total. The molecule has 1 fully saturated rings. The van der Waals surface area contributed by atoms with Crippen LogP contribution in [0.25, 0.3) is 0 Å². The molecule has 0 aromatic carbocycles. The Bertz CT molecular complexity index is 678. The van der Waals surface area contributed by atoms with Crippen LogP contribution in [0.4, 0.5) is 0 Å². The van der Waals surface area contributed by atoms with Crippen LogP contribution in [-0.2, 0) is 17.6 Å². The molecule has 1 saturated heterocycles. The lowest BCUT2D eigenvalue weighted by Crippen LogP contribution is -2.40. The topological polar surface area (TPSA) is 77.0 Å². The summed E-state index contributed by atoms with van der Waals surface area (Å²) in [6.07, 6.45) is 8.68. The zero-order valence-electron chi connectivity index (χ0n) is 14.4. The van der Waals surface area contributed by atoms with Gasteiger partial charge in [-0.1, -0.05) is 12.1 Å². The van der Waals surface area contributed by atoms with Gasteiger partial charge in [0.1, 0.15) is 5.82 Å². The van der Waals surface area contributed by atoms with Crippen molar-refractivity contribution in [3.05, 3.63) is 29.9 Å². The molecular weight excluding hydrogens is 306 g/mol. The largest absolute Gasteiger partial charge is 0.341 e. The lowest BCUT2D eigenvalue weighted by molar-refractivity contribution is -0.132. The molecule has 1 atom stereocenters. The Hall–Kier alpha value is -2.18. The van der Waals surface area contributed by atoms with Gasteiger partial charge in [-0.3, -0.25) is 4.79 Å². The normalized spacial score (nSPS) is 18.1. The molecule has 3 heterocycles.